The molecule has 3 aliphatic rings. The molecule has 1 saturated carbocycles. The number of halogens is 2. The maximum Gasteiger partial charge on any atom is 0.307 e. The first-order chi connectivity index (χ1) is 25.2. The van der Waals surface area contributed by atoms with Crippen molar-refractivity contribution in [1.29, 1.82) is 0 Å². The SMILES string of the molecule is COc1nc(O[C@H]2CCc3c(-c4cccc(-c5cnc(CNC[C@@H]6CCC(=O)C6)c(OC)n5)c4Cl)cccc32)c(Cl)cc1CN1CC[C@@H](C(=O)O)C1. The predicted molar refractivity (Wildman–Crippen MR) is 197 cm³/mol. The van der Waals surface area contributed by atoms with Crippen molar-refractivity contribution in [2.75, 3.05) is 33.9 Å². The number of hydrogen-bond donors (Lipinski definition) is 2. The second kappa shape index (κ2) is 15.8. The topological polar surface area (TPSA) is 136 Å². The van der Waals surface area contributed by atoms with E-state index in [-0.39, 0.29) is 17.9 Å². The van der Waals surface area contributed by atoms with Gasteiger partial charge in [-0.2, -0.15) is 4.98 Å². The Morgan fingerprint density at radius 3 is 2.52 bits per heavy atom. The number of aliphatic carboxylic acids is 1. The summed E-state index contributed by atoms with van der Waals surface area (Å²) >= 11 is 13.9. The Balaban J connectivity index is 1.08. The number of benzene rings is 2. The Morgan fingerprint density at radius 1 is 0.981 bits per heavy atom. The molecule has 3 heterocycles. The van der Waals surface area contributed by atoms with Crippen LogP contribution < -0.4 is 19.5 Å². The fraction of sp³-hybridized carbons (Fsp3) is 0.410. The maximum absolute atomic E-state index is 11.6. The van der Waals surface area contributed by atoms with Crippen LogP contribution in [-0.4, -0.2) is 70.6 Å². The van der Waals surface area contributed by atoms with Crippen molar-refractivity contribution in [1.82, 2.24) is 25.2 Å². The molecule has 7 rings (SSSR count). The number of likely N-dealkylation sites (tertiary alicyclic amines) is 1. The zero-order valence-electron chi connectivity index (χ0n) is 29.2. The van der Waals surface area contributed by atoms with Crippen molar-refractivity contribution < 1.29 is 28.9 Å². The molecule has 3 atom stereocenters. The second-order valence-electron chi connectivity index (χ2n) is 13.7. The van der Waals surface area contributed by atoms with E-state index >= 15 is 0 Å². The molecule has 1 aliphatic heterocycles. The van der Waals surface area contributed by atoms with Crippen LogP contribution in [-0.2, 0) is 29.1 Å². The zero-order valence-corrected chi connectivity index (χ0v) is 30.7. The summed E-state index contributed by atoms with van der Waals surface area (Å²) in [6.45, 7) is 2.88. The number of ketones is 1. The number of ether oxygens (including phenoxy) is 3. The Bertz CT molecular complexity index is 1990. The molecule has 2 aromatic heterocycles. The van der Waals surface area contributed by atoms with Crippen LogP contribution in [0.2, 0.25) is 10.0 Å². The van der Waals surface area contributed by atoms with Crippen LogP contribution in [0.5, 0.6) is 17.6 Å². The van der Waals surface area contributed by atoms with Gasteiger partial charge in [0.25, 0.3) is 0 Å². The van der Waals surface area contributed by atoms with E-state index in [9.17, 15) is 14.7 Å². The largest absolute Gasteiger partial charge is 0.481 e. The summed E-state index contributed by atoms with van der Waals surface area (Å²) in [6, 6.07) is 13.8. The first-order valence-electron chi connectivity index (χ1n) is 17.6. The van der Waals surface area contributed by atoms with Gasteiger partial charge >= 0.3 is 5.97 Å². The van der Waals surface area contributed by atoms with Crippen molar-refractivity contribution in [2.45, 2.75) is 57.7 Å². The molecule has 0 spiro atoms. The number of carboxylic acid groups (broad SMARTS) is 1. The molecule has 2 aliphatic carbocycles. The summed E-state index contributed by atoms with van der Waals surface area (Å²) < 4.78 is 17.7. The highest BCUT2D eigenvalue weighted by Crippen LogP contribution is 2.44. The molecule has 13 heteroatoms. The first kappa shape index (κ1) is 36.1. The van der Waals surface area contributed by atoms with E-state index < -0.39 is 5.97 Å². The molecule has 4 aromatic rings. The number of nitrogens with zero attached hydrogens (tertiary/aromatic N) is 4. The number of pyridine rings is 1. The number of carbonyl (C=O) groups excluding carboxylic acids is 1. The van der Waals surface area contributed by atoms with Gasteiger partial charge in [0.05, 0.1) is 37.1 Å². The second-order valence-corrected chi connectivity index (χ2v) is 14.5. The van der Waals surface area contributed by atoms with E-state index in [0.29, 0.717) is 90.3 Å². The monoisotopic (exact) mass is 745 g/mol. The summed E-state index contributed by atoms with van der Waals surface area (Å²) in [6.07, 6.45) is 5.78. The lowest BCUT2D eigenvalue weighted by atomic mass is 9.95. The molecular weight excluding hydrogens is 705 g/mol. The van der Waals surface area contributed by atoms with Crippen LogP contribution in [0.4, 0.5) is 0 Å². The van der Waals surface area contributed by atoms with Gasteiger partial charge in [0.1, 0.15) is 22.6 Å². The fourth-order valence-corrected chi connectivity index (χ4v) is 8.16. The van der Waals surface area contributed by atoms with Gasteiger partial charge in [0.15, 0.2) is 0 Å². The quantitative estimate of drug-likeness (QED) is 0.147. The molecule has 52 heavy (non-hydrogen) atoms. The summed E-state index contributed by atoms with van der Waals surface area (Å²) in [5, 5.41) is 13.7. The molecule has 0 amide bonds. The molecule has 0 bridgehead atoms. The summed E-state index contributed by atoms with van der Waals surface area (Å²) in [4.78, 5) is 39.2. The van der Waals surface area contributed by atoms with E-state index in [1.807, 2.05) is 24.3 Å². The van der Waals surface area contributed by atoms with Crippen molar-refractivity contribution in [3.8, 4) is 40.0 Å². The molecule has 11 nitrogen and oxygen atoms in total. The van der Waals surface area contributed by atoms with E-state index in [4.69, 9.17) is 42.4 Å². The standard InChI is InChI=1S/C39H41Cl2N5O6/c1-50-36-24(21-46-14-13-23(20-46)39(48)49)16-31(40)37(45-36)52-34-12-11-27-26(5-3-6-28(27)34)29-7-4-8-30(35(29)41)32-19-43-33(38(44-32)51-2)18-42-17-22-9-10-25(47)15-22/h3-8,16,19,22-23,34,42H,9-15,17-18,20-21H2,1-2H3,(H,48,49)/t22-,23-,34+/m1/s1. The minimum atomic E-state index is -0.774. The Hall–Kier alpha value is -4.29. The van der Waals surface area contributed by atoms with Gasteiger partial charge in [0, 0.05) is 49.2 Å². The van der Waals surface area contributed by atoms with Gasteiger partial charge in [-0.05, 0) is 67.4 Å². The van der Waals surface area contributed by atoms with Crippen molar-refractivity contribution in [3.63, 3.8) is 0 Å². The van der Waals surface area contributed by atoms with E-state index in [2.05, 4.69) is 32.3 Å². The summed E-state index contributed by atoms with van der Waals surface area (Å²) in [5.41, 5.74) is 6.89. The zero-order chi connectivity index (χ0) is 36.4. The van der Waals surface area contributed by atoms with Crippen LogP contribution in [0.3, 0.4) is 0 Å². The smallest absolute Gasteiger partial charge is 0.307 e. The molecular formula is C39H41Cl2N5O6. The lowest BCUT2D eigenvalue weighted by molar-refractivity contribution is -0.141. The highest BCUT2D eigenvalue weighted by molar-refractivity contribution is 6.36. The lowest BCUT2D eigenvalue weighted by Gasteiger charge is -2.20. The molecule has 0 radical (unpaired) electrons. The van der Waals surface area contributed by atoms with Gasteiger partial charge in [-0.25, -0.2) is 4.98 Å². The number of Topliss-reactive ketones (excluding diaryl/α,β-unsaturated/α-hetero) is 1. The Kier molecular flexibility index (Phi) is 10.9. The molecule has 2 N–H and O–H groups in total. The average molecular weight is 747 g/mol. The average Bonchev–Trinajstić information content (AvgIpc) is 3.90. The molecule has 2 aromatic carbocycles. The predicted octanol–water partition coefficient (Wildman–Crippen LogP) is 6.96. The van der Waals surface area contributed by atoms with E-state index in [0.717, 1.165) is 59.2 Å². The van der Waals surface area contributed by atoms with Gasteiger partial charge in [-0.3, -0.25) is 19.5 Å². The number of carbonyl (C=O) groups is 2. The normalized spacial score (nSPS) is 19.9. The van der Waals surface area contributed by atoms with E-state index in [1.54, 1.807) is 26.5 Å². The van der Waals surface area contributed by atoms with E-state index in [1.165, 1.54) is 0 Å². The minimum absolute atomic E-state index is 0.280. The van der Waals surface area contributed by atoms with Crippen molar-refractivity contribution in [3.05, 3.63) is 81.1 Å². The minimum Gasteiger partial charge on any atom is -0.481 e. The third-order valence-electron chi connectivity index (χ3n) is 10.3. The van der Waals surface area contributed by atoms with Crippen LogP contribution in [0.15, 0.2) is 48.7 Å². The number of nitrogens with one attached hydrogen (secondary N) is 1. The first-order valence-corrected chi connectivity index (χ1v) is 18.4. The molecule has 272 valence electrons. The highest BCUT2D eigenvalue weighted by atomic mass is 35.5. The summed E-state index contributed by atoms with van der Waals surface area (Å²) in [7, 11) is 3.13. The fourth-order valence-electron chi connectivity index (χ4n) is 7.62. The number of rotatable bonds is 13. The Labute approximate surface area is 312 Å². The van der Waals surface area contributed by atoms with Crippen LogP contribution in [0.1, 0.15) is 60.6 Å². The highest BCUT2D eigenvalue weighted by Gasteiger charge is 2.31. The summed E-state index contributed by atoms with van der Waals surface area (Å²) in [5.74, 6) is 0.662. The number of hydrogen-bond acceptors (Lipinski definition) is 10. The number of fused-ring (bicyclic) bond motifs is 1. The molecule has 2 fully saturated rings. The van der Waals surface area contributed by atoms with Gasteiger partial charge in [-0.15, -0.1) is 0 Å². The van der Waals surface area contributed by atoms with Crippen LogP contribution in [0.25, 0.3) is 22.4 Å². The lowest BCUT2D eigenvalue weighted by Crippen LogP contribution is -2.23. The van der Waals surface area contributed by atoms with Gasteiger partial charge in [0.2, 0.25) is 17.6 Å². The number of carboxylic acids is 1. The molecule has 1 saturated heterocycles. The van der Waals surface area contributed by atoms with Crippen LogP contribution >= 0.6 is 23.2 Å². The van der Waals surface area contributed by atoms with Crippen molar-refractivity contribution in [2.24, 2.45) is 11.8 Å². The third-order valence-corrected chi connectivity index (χ3v) is 11.0. The number of aromatic nitrogens is 3. The van der Waals surface area contributed by atoms with Crippen LogP contribution in [0, 0.1) is 11.8 Å². The van der Waals surface area contributed by atoms with Gasteiger partial charge < -0.3 is 24.6 Å². The van der Waals surface area contributed by atoms with Crippen molar-refractivity contribution >= 4 is 35.0 Å². The third kappa shape index (κ3) is 7.59. The Morgan fingerprint density at radius 2 is 1.77 bits per heavy atom. The maximum atomic E-state index is 11.6. The van der Waals surface area contributed by atoms with Gasteiger partial charge in [-0.1, -0.05) is 59.6 Å². The molecule has 0 unspecified atom stereocenters. The number of methoxy groups -OCH3 is 2.